The molecule has 0 aliphatic rings. The van der Waals surface area contributed by atoms with Crippen LogP contribution in [0.25, 0.3) is 0 Å². The Balaban J connectivity index is 1.98. The van der Waals surface area contributed by atoms with Gasteiger partial charge in [0.1, 0.15) is 12.4 Å². The third-order valence-electron chi connectivity index (χ3n) is 2.45. The topological polar surface area (TPSA) is 72.9 Å². The number of hydrogen-bond donors (Lipinski definition) is 2. The Hall–Kier alpha value is -1.89. The van der Waals surface area contributed by atoms with E-state index in [0.717, 1.165) is 0 Å². The van der Waals surface area contributed by atoms with Gasteiger partial charge in [-0.05, 0) is 12.1 Å². The summed E-state index contributed by atoms with van der Waals surface area (Å²) >= 11 is 3.20. The second-order valence-electron chi connectivity index (χ2n) is 3.98. The molecule has 19 heavy (non-hydrogen) atoms. The predicted molar refractivity (Wildman–Crippen MR) is 72.8 cm³/mol. The molecule has 0 aliphatic carbocycles. The molecule has 0 unspecified atom stereocenters. The molecule has 0 bridgehead atoms. The first-order valence-corrected chi connectivity index (χ1v) is 6.32. The first-order chi connectivity index (χ1) is 9.04. The second-order valence-corrected chi connectivity index (χ2v) is 4.90. The summed E-state index contributed by atoms with van der Waals surface area (Å²) in [6, 6.07) is 4.88. The van der Waals surface area contributed by atoms with Crippen LogP contribution >= 0.6 is 15.9 Å². The molecule has 0 fully saturated rings. The molecule has 1 heterocycles. The molecule has 1 aromatic heterocycles. The number of carbonyl (C=O) groups is 1. The number of amides is 1. The molecular weight excluding hydrogens is 315 g/mol. The molecular formula is C12H12BrFN4O. The van der Waals surface area contributed by atoms with Crippen LogP contribution in [0.3, 0.4) is 0 Å². The Morgan fingerprint density at radius 1 is 1.53 bits per heavy atom. The van der Waals surface area contributed by atoms with E-state index in [0.29, 0.717) is 22.3 Å². The van der Waals surface area contributed by atoms with Gasteiger partial charge in [-0.2, -0.15) is 5.10 Å². The van der Waals surface area contributed by atoms with Crippen molar-refractivity contribution in [2.75, 3.05) is 5.32 Å². The van der Waals surface area contributed by atoms with Crippen LogP contribution in [-0.4, -0.2) is 15.7 Å². The number of rotatable bonds is 5. The lowest BCUT2D eigenvalue weighted by molar-refractivity contribution is -0.118. The summed E-state index contributed by atoms with van der Waals surface area (Å²) in [4.78, 5) is 10.7. The maximum absolute atomic E-state index is 13.6. The van der Waals surface area contributed by atoms with Crippen molar-refractivity contribution >= 4 is 27.5 Å². The predicted octanol–water partition coefficient (Wildman–Crippen LogP) is 1.88. The standard InChI is InChI=1S/C12H12BrFN4O/c13-9-2-1-8(11(14)3-9)4-16-10-5-17-18(6-10)7-12(15)19/h1-3,5-6,16H,4,7H2,(H2,15,19). The lowest BCUT2D eigenvalue weighted by atomic mass is 10.2. The van der Waals surface area contributed by atoms with Crippen molar-refractivity contribution in [2.45, 2.75) is 13.1 Å². The van der Waals surface area contributed by atoms with Gasteiger partial charge in [0.15, 0.2) is 0 Å². The summed E-state index contributed by atoms with van der Waals surface area (Å²) in [7, 11) is 0. The monoisotopic (exact) mass is 326 g/mol. The minimum atomic E-state index is -0.464. The number of carbonyl (C=O) groups excluding carboxylic acids is 1. The van der Waals surface area contributed by atoms with E-state index in [4.69, 9.17) is 5.73 Å². The van der Waals surface area contributed by atoms with Crippen LogP contribution in [0, 0.1) is 5.82 Å². The molecule has 2 aromatic rings. The van der Waals surface area contributed by atoms with Gasteiger partial charge in [0.2, 0.25) is 5.91 Å². The Morgan fingerprint density at radius 2 is 2.32 bits per heavy atom. The van der Waals surface area contributed by atoms with Crippen molar-refractivity contribution in [3.63, 3.8) is 0 Å². The zero-order valence-corrected chi connectivity index (χ0v) is 11.5. The zero-order chi connectivity index (χ0) is 13.8. The van der Waals surface area contributed by atoms with Crippen LogP contribution in [-0.2, 0) is 17.9 Å². The van der Waals surface area contributed by atoms with Gasteiger partial charge in [0.05, 0.1) is 11.9 Å². The van der Waals surface area contributed by atoms with E-state index in [-0.39, 0.29) is 12.4 Å². The van der Waals surface area contributed by atoms with Crippen LogP contribution in [0.1, 0.15) is 5.56 Å². The third kappa shape index (κ3) is 3.78. The van der Waals surface area contributed by atoms with E-state index < -0.39 is 5.91 Å². The number of hydrogen-bond acceptors (Lipinski definition) is 3. The first-order valence-electron chi connectivity index (χ1n) is 5.53. The highest BCUT2D eigenvalue weighted by atomic mass is 79.9. The number of nitrogens with zero attached hydrogens (tertiary/aromatic N) is 2. The van der Waals surface area contributed by atoms with E-state index in [1.54, 1.807) is 24.5 Å². The van der Waals surface area contributed by atoms with E-state index in [1.165, 1.54) is 10.7 Å². The van der Waals surface area contributed by atoms with Gasteiger partial charge in [0, 0.05) is 22.8 Å². The second kappa shape index (κ2) is 5.83. The molecule has 1 amide bonds. The molecule has 7 heteroatoms. The largest absolute Gasteiger partial charge is 0.378 e. The summed E-state index contributed by atoms with van der Waals surface area (Å²) in [6.07, 6.45) is 3.20. The Labute approximate surface area is 117 Å². The Kier molecular flexibility index (Phi) is 4.16. The van der Waals surface area contributed by atoms with Gasteiger partial charge in [-0.1, -0.05) is 22.0 Å². The summed E-state index contributed by atoms with van der Waals surface area (Å²) in [5.41, 5.74) is 6.30. The number of primary amides is 1. The normalized spacial score (nSPS) is 10.4. The smallest absolute Gasteiger partial charge is 0.239 e. The average Bonchev–Trinajstić information content (AvgIpc) is 2.74. The van der Waals surface area contributed by atoms with Crippen molar-refractivity contribution in [1.29, 1.82) is 0 Å². The van der Waals surface area contributed by atoms with Crippen molar-refractivity contribution in [3.05, 3.63) is 46.4 Å². The molecule has 0 aliphatic heterocycles. The lowest BCUT2D eigenvalue weighted by Gasteiger charge is -2.05. The fourth-order valence-corrected chi connectivity index (χ4v) is 1.90. The van der Waals surface area contributed by atoms with E-state index in [9.17, 15) is 9.18 Å². The van der Waals surface area contributed by atoms with Crippen LogP contribution in [0.2, 0.25) is 0 Å². The molecule has 3 N–H and O–H groups in total. The van der Waals surface area contributed by atoms with Crippen molar-refractivity contribution < 1.29 is 9.18 Å². The number of nitrogens with one attached hydrogen (secondary N) is 1. The molecule has 0 radical (unpaired) electrons. The number of nitrogens with two attached hydrogens (primary N) is 1. The SMILES string of the molecule is NC(=O)Cn1cc(NCc2ccc(Br)cc2F)cn1. The van der Waals surface area contributed by atoms with Crippen LogP contribution in [0.4, 0.5) is 10.1 Å². The van der Waals surface area contributed by atoms with Gasteiger partial charge in [-0.15, -0.1) is 0 Å². The molecule has 100 valence electrons. The van der Waals surface area contributed by atoms with Gasteiger partial charge in [-0.25, -0.2) is 4.39 Å². The quantitative estimate of drug-likeness (QED) is 0.881. The van der Waals surface area contributed by atoms with Gasteiger partial charge in [0.25, 0.3) is 0 Å². The van der Waals surface area contributed by atoms with Crippen molar-refractivity contribution in [2.24, 2.45) is 5.73 Å². The number of halogens is 2. The third-order valence-corrected chi connectivity index (χ3v) is 2.94. The Bertz CT molecular complexity index is 599. The molecule has 1 aromatic carbocycles. The molecule has 0 saturated heterocycles. The lowest BCUT2D eigenvalue weighted by Crippen LogP contribution is -2.18. The minimum Gasteiger partial charge on any atom is -0.378 e. The number of anilines is 1. The fraction of sp³-hybridized carbons (Fsp3) is 0.167. The summed E-state index contributed by atoms with van der Waals surface area (Å²) in [5, 5.41) is 6.98. The summed E-state index contributed by atoms with van der Waals surface area (Å²) < 4.78 is 15.7. The van der Waals surface area contributed by atoms with E-state index in [2.05, 4.69) is 26.3 Å². The van der Waals surface area contributed by atoms with Gasteiger partial charge < -0.3 is 11.1 Å². The van der Waals surface area contributed by atoms with Gasteiger partial charge >= 0.3 is 0 Å². The number of benzene rings is 1. The van der Waals surface area contributed by atoms with Crippen molar-refractivity contribution in [3.8, 4) is 0 Å². The first kappa shape index (κ1) is 13.5. The highest BCUT2D eigenvalue weighted by molar-refractivity contribution is 9.10. The van der Waals surface area contributed by atoms with Crippen LogP contribution in [0.15, 0.2) is 35.1 Å². The number of aromatic nitrogens is 2. The highest BCUT2D eigenvalue weighted by Crippen LogP contribution is 2.16. The van der Waals surface area contributed by atoms with Crippen LogP contribution in [0.5, 0.6) is 0 Å². The molecule has 2 rings (SSSR count). The summed E-state index contributed by atoms with van der Waals surface area (Å²) in [5.74, 6) is -0.750. The summed E-state index contributed by atoms with van der Waals surface area (Å²) in [6.45, 7) is 0.357. The highest BCUT2D eigenvalue weighted by Gasteiger charge is 2.04. The Morgan fingerprint density at radius 3 is 3.00 bits per heavy atom. The average molecular weight is 327 g/mol. The molecule has 0 saturated carbocycles. The fourth-order valence-electron chi connectivity index (χ4n) is 1.56. The molecule has 0 spiro atoms. The van der Waals surface area contributed by atoms with Crippen LogP contribution < -0.4 is 11.1 Å². The van der Waals surface area contributed by atoms with Gasteiger partial charge in [-0.3, -0.25) is 9.48 Å². The minimum absolute atomic E-state index is 0.0221. The maximum Gasteiger partial charge on any atom is 0.239 e. The maximum atomic E-state index is 13.6. The van der Waals surface area contributed by atoms with E-state index in [1.807, 2.05) is 0 Å². The zero-order valence-electron chi connectivity index (χ0n) is 9.94. The van der Waals surface area contributed by atoms with E-state index >= 15 is 0 Å². The molecule has 5 nitrogen and oxygen atoms in total. The van der Waals surface area contributed by atoms with Crippen molar-refractivity contribution in [1.82, 2.24) is 9.78 Å². The molecule has 0 atom stereocenters.